The van der Waals surface area contributed by atoms with Gasteiger partial charge in [-0.05, 0) is 139 Å². The van der Waals surface area contributed by atoms with E-state index >= 15 is 0 Å². The number of rotatable bonds is 8. The van der Waals surface area contributed by atoms with E-state index in [2.05, 4.69) is 442 Å². The summed E-state index contributed by atoms with van der Waals surface area (Å²) >= 11 is 5.45. The summed E-state index contributed by atoms with van der Waals surface area (Å²) in [6.07, 6.45) is 0. The van der Waals surface area contributed by atoms with Gasteiger partial charge in [0.25, 0.3) is 0 Å². The maximum Gasteiger partial charge on any atom is 0.235 e. The second kappa shape index (κ2) is 33.9. The minimum absolute atomic E-state index is 0.633. The van der Waals surface area contributed by atoms with E-state index in [-0.39, 0.29) is 0 Å². The van der Waals surface area contributed by atoms with Crippen LogP contribution in [0.1, 0.15) is 0 Å². The summed E-state index contributed by atoms with van der Waals surface area (Å²) in [5.41, 5.74) is 25.1. The van der Waals surface area contributed by atoms with Crippen LogP contribution in [0.15, 0.2) is 478 Å². The van der Waals surface area contributed by atoms with Gasteiger partial charge in [0.05, 0.1) is 77.8 Å². The number of hydrogen-bond acceptors (Lipinski definition) is 10. The van der Waals surface area contributed by atoms with Gasteiger partial charge in [-0.25, -0.2) is 29.9 Å². The Labute approximate surface area is 850 Å². The van der Waals surface area contributed by atoms with E-state index in [1.807, 2.05) is 88.6 Å². The highest BCUT2D eigenvalue weighted by atomic mass is 32.1. The molecule has 33 aromatic rings. The molecule has 0 saturated heterocycles. The molecule has 12 aromatic heterocycles. The second-order valence-corrected chi connectivity index (χ2v) is 40.6. The van der Waals surface area contributed by atoms with Gasteiger partial charge in [0, 0.05) is 169 Å². The molecule has 0 fully saturated rings. The van der Waals surface area contributed by atoms with Gasteiger partial charge in [0.2, 0.25) is 17.8 Å². The number of benzene rings is 21. The number of para-hydroxylation sites is 7. The number of furan rings is 1. The van der Waals surface area contributed by atoms with Crippen molar-refractivity contribution in [2.24, 2.45) is 0 Å². The normalized spacial score (nSPS) is 11.9. The topological polar surface area (TPSA) is 126 Å². The van der Waals surface area contributed by atoms with Gasteiger partial charge in [-0.3, -0.25) is 13.7 Å². The molecule has 0 radical (unpaired) electrons. The Hall–Kier alpha value is -18.9. The van der Waals surface area contributed by atoms with Crippen molar-refractivity contribution in [3.63, 3.8) is 0 Å². The predicted octanol–water partition coefficient (Wildman–Crippen LogP) is 36.3. The molecule has 0 unspecified atom stereocenters. The molecule has 12 heterocycles. The monoisotopic (exact) mass is 1930 g/mol. The lowest BCUT2D eigenvalue weighted by Gasteiger charge is -2.13. The number of H-pyrrole nitrogens is 1. The lowest BCUT2D eigenvalue weighted by atomic mass is 10.0. The lowest BCUT2D eigenvalue weighted by molar-refractivity contribution is 0.671. The van der Waals surface area contributed by atoms with Gasteiger partial charge in [-0.2, -0.15) is 0 Å². The summed E-state index contributed by atoms with van der Waals surface area (Å²) < 4.78 is 23.2. The second-order valence-electron chi connectivity index (χ2n) is 37.4. The van der Waals surface area contributed by atoms with E-state index in [1.165, 1.54) is 120 Å². The van der Waals surface area contributed by atoms with Crippen LogP contribution in [0.5, 0.6) is 0 Å². The van der Waals surface area contributed by atoms with Crippen molar-refractivity contribution in [1.29, 1.82) is 0 Å². The van der Waals surface area contributed by atoms with Crippen LogP contribution >= 0.6 is 34.0 Å². The van der Waals surface area contributed by atoms with Crippen molar-refractivity contribution >= 4 is 258 Å². The van der Waals surface area contributed by atoms with Crippen LogP contribution in [0.3, 0.4) is 0 Å². The van der Waals surface area contributed by atoms with Gasteiger partial charge in [-0.15, -0.1) is 34.0 Å². The van der Waals surface area contributed by atoms with Crippen LogP contribution in [-0.4, -0.2) is 53.2 Å². The number of aromatic nitrogens is 11. The molecule has 0 bridgehead atoms. The highest BCUT2D eigenvalue weighted by molar-refractivity contribution is 7.27. The van der Waals surface area contributed by atoms with Crippen molar-refractivity contribution in [2.75, 3.05) is 0 Å². The lowest BCUT2D eigenvalue weighted by Crippen LogP contribution is -2.04. The molecule has 0 aliphatic heterocycles. The third kappa shape index (κ3) is 13.4. The molecule has 686 valence electrons. The summed E-state index contributed by atoms with van der Waals surface area (Å²) in [5.74, 6) is 1.97. The molecule has 12 nitrogen and oxygen atoms in total. The van der Waals surface area contributed by atoms with E-state index in [9.17, 15) is 0 Å². The van der Waals surface area contributed by atoms with Crippen molar-refractivity contribution in [3.8, 4) is 68.4 Å². The Balaban J connectivity index is 0.0000000999. The third-order valence-electron chi connectivity index (χ3n) is 29.2. The minimum atomic E-state index is 0.633. The van der Waals surface area contributed by atoms with Crippen LogP contribution < -0.4 is 0 Å². The molecule has 0 spiro atoms. The van der Waals surface area contributed by atoms with Crippen molar-refractivity contribution < 1.29 is 4.42 Å². The van der Waals surface area contributed by atoms with E-state index in [4.69, 9.17) is 34.3 Å². The summed E-state index contributed by atoms with van der Waals surface area (Å²) in [6.45, 7) is 0. The minimum Gasteiger partial charge on any atom is -0.454 e. The molecule has 15 heteroatoms. The molecular weight excluding hydrogens is 1850 g/mol. The largest absolute Gasteiger partial charge is 0.454 e. The number of aromatic amines is 1. The van der Waals surface area contributed by atoms with E-state index in [0.29, 0.717) is 17.8 Å². The average Bonchev–Trinajstić information content (AvgIpc) is 1.57. The number of hydrogen-bond donors (Lipinski definition) is 1. The molecule has 0 amide bonds. The van der Waals surface area contributed by atoms with E-state index < -0.39 is 0 Å². The summed E-state index contributed by atoms with van der Waals surface area (Å²) in [7, 11) is 0. The Morgan fingerprint density at radius 3 is 1.03 bits per heavy atom. The highest BCUT2D eigenvalue weighted by Gasteiger charge is 2.29. The summed E-state index contributed by atoms with van der Waals surface area (Å²) in [4.78, 5) is 36.3. The number of nitrogens with one attached hydrogen (secondary N) is 1. The SMILES string of the molecule is c1ccc(-c2nc(-n3c4ccccc4c4cc(-c5ccc6c7ccccc7n(-c7ccccc7)c6c5)ccc43)nc3c2ccc2sc4ccccc4c23)cc1.c1ccc(-c2nc(-n3c4ccccc4c4ccc5c6ccccc6[nH]c5c43)nc3c2ccc2sc4ccccc4c23)cc1.c1ccc(-c2nc(-n3c4ccccc4c4ccc5c6ccccc6oc5c43)nc3c2ccc2sc4ccccc4c23)cc1.c1ccccc1. The first-order valence-electron chi connectivity index (χ1n) is 49.4. The van der Waals surface area contributed by atoms with Crippen LogP contribution in [0, 0.1) is 0 Å². The molecule has 0 atom stereocenters. The first kappa shape index (κ1) is 83.8. The van der Waals surface area contributed by atoms with Crippen LogP contribution in [0.25, 0.3) is 293 Å². The van der Waals surface area contributed by atoms with Crippen LogP contribution in [0.4, 0.5) is 0 Å². The van der Waals surface area contributed by atoms with E-state index in [1.54, 1.807) is 0 Å². The van der Waals surface area contributed by atoms with Crippen molar-refractivity contribution in [3.05, 3.63) is 473 Å². The maximum absolute atomic E-state index is 6.60. The number of nitrogens with zero attached hydrogens (tertiary/aromatic N) is 10. The highest BCUT2D eigenvalue weighted by Crippen LogP contribution is 2.50. The molecule has 0 aliphatic carbocycles. The van der Waals surface area contributed by atoms with Crippen LogP contribution in [0.2, 0.25) is 0 Å². The molecule has 0 saturated carbocycles. The quantitative estimate of drug-likeness (QED) is 0.161. The molecule has 147 heavy (non-hydrogen) atoms. The molecule has 0 aliphatic rings. The Kier molecular flexibility index (Phi) is 19.3. The smallest absolute Gasteiger partial charge is 0.235 e. The number of fused-ring (bicyclic) bond motifs is 35. The van der Waals surface area contributed by atoms with E-state index in [0.717, 1.165) is 155 Å². The third-order valence-corrected chi connectivity index (χ3v) is 32.6. The molecule has 33 rings (SSSR count). The van der Waals surface area contributed by atoms with Crippen molar-refractivity contribution in [2.45, 2.75) is 0 Å². The first-order chi connectivity index (χ1) is 72.9. The summed E-state index contributed by atoms with van der Waals surface area (Å²) in [6, 6.07) is 167. The number of thiophene rings is 3. The average molecular weight is 1930 g/mol. The Morgan fingerprint density at radius 1 is 0.197 bits per heavy atom. The zero-order valence-electron chi connectivity index (χ0n) is 78.6. The maximum atomic E-state index is 6.60. The zero-order valence-corrected chi connectivity index (χ0v) is 81.1. The Bertz CT molecular complexity index is 10800. The molecule has 21 aromatic carbocycles. The zero-order chi connectivity index (χ0) is 96.4. The van der Waals surface area contributed by atoms with Gasteiger partial charge in [0.1, 0.15) is 11.1 Å². The summed E-state index contributed by atoms with van der Waals surface area (Å²) in [5, 5.41) is 24.4. The molecule has 1 N–H and O–H groups in total. The fourth-order valence-electron chi connectivity index (χ4n) is 22.7. The van der Waals surface area contributed by atoms with Crippen LogP contribution in [-0.2, 0) is 0 Å². The molecular formula is C132H79N11OS3. The Morgan fingerprint density at radius 2 is 0.531 bits per heavy atom. The van der Waals surface area contributed by atoms with Gasteiger partial charge in [0.15, 0.2) is 5.58 Å². The first-order valence-corrected chi connectivity index (χ1v) is 51.8. The fraction of sp³-hybridized carbons (Fsp3) is 0. The van der Waals surface area contributed by atoms with Gasteiger partial charge >= 0.3 is 0 Å². The van der Waals surface area contributed by atoms with Crippen molar-refractivity contribution in [1.82, 2.24) is 53.2 Å². The van der Waals surface area contributed by atoms with Gasteiger partial charge < -0.3 is 14.0 Å². The fourth-order valence-corrected chi connectivity index (χ4v) is 26.0. The van der Waals surface area contributed by atoms with Gasteiger partial charge in [-0.1, -0.05) is 346 Å². The standard InChI is InChI=1S/C50H30N4S.C38H22N4S.C38H21N3OS.C6H6/c1-3-13-31(14-4-1)48-39-26-28-46-47(38-19-9-12-22-45(38)55-46)49(39)52-50(51-48)54-42-21-11-8-18-36(42)40-29-32(24-27-43(40)54)33-23-25-37-35-17-7-10-20-41(35)53(44(37)30-33)34-15-5-2-6-16-34;1-2-10-22(11-3-1)34-28-20-21-32-33(27-14-6-9-17-31(27)43-32)35(28)41-38(40-34)42-30-16-8-5-13-24(30)26-19-18-25-23-12-4-7-15-29(23)39-36(25)37(26)42;1-2-10-22(11-3-1)34-28-20-21-32-33(27-14-6-9-17-31(27)43-32)35(28)40-38(39-34)41-29-15-7-4-12-23(29)25-18-19-26-24-13-5-8-16-30(24)42-37(26)36(25)41;1-2-4-6-5-3-1/h1-30H;1-21,39H;1-21H;1-6H. The predicted molar refractivity (Wildman–Crippen MR) is 619 cm³/mol.